The van der Waals surface area contributed by atoms with Crippen LogP contribution in [0.1, 0.15) is 51.0 Å². The number of hydrogen-bond acceptors (Lipinski definition) is 3. The van der Waals surface area contributed by atoms with Gasteiger partial charge in [-0.25, -0.2) is 0 Å². The van der Waals surface area contributed by atoms with E-state index in [1.807, 2.05) is 12.1 Å². The average molecular weight is 522 g/mol. The second kappa shape index (κ2) is 11.6. The van der Waals surface area contributed by atoms with E-state index in [0.29, 0.717) is 12.6 Å². The highest BCUT2D eigenvalue weighted by molar-refractivity contribution is 14.0. The lowest BCUT2D eigenvalue weighted by molar-refractivity contribution is 0.0531. The van der Waals surface area contributed by atoms with Gasteiger partial charge in [0.1, 0.15) is 0 Å². The Morgan fingerprint density at radius 3 is 2.54 bits per heavy atom. The van der Waals surface area contributed by atoms with E-state index in [4.69, 9.17) is 21.3 Å². The Bertz CT molecular complexity index is 630. The van der Waals surface area contributed by atoms with Crippen LogP contribution < -0.4 is 10.6 Å². The molecular weight excluding hydrogens is 489 g/mol. The molecule has 1 aliphatic heterocycles. The number of benzene rings is 1. The van der Waals surface area contributed by atoms with Gasteiger partial charge in [-0.05, 0) is 57.1 Å². The molecule has 28 heavy (non-hydrogen) atoms. The molecule has 7 heteroatoms. The van der Waals surface area contributed by atoms with Gasteiger partial charge in [-0.15, -0.1) is 24.0 Å². The summed E-state index contributed by atoms with van der Waals surface area (Å²) in [6.07, 6.45) is 5.39. The van der Waals surface area contributed by atoms with E-state index in [1.54, 1.807) is 0 Å². The molecule has 0 bridgehead atoms. The number of aliphatic hydroxyl groups excluding tert-OH is 1. The number of aliphatic imine (C=N–C) groups is 1. The summed E-state index contributed by atoms with van der Waals surface area (Å²) >= 11 is 6.55. The Hall–Kier alpha value is -0.570. The Balaban J connectivity index is 0.00000280. The second-order valence-electron chi connectivity index (χ2n) is 7.72. The van der Waals surface area contributed by atoms with Gasteiger partial charge in [0.2, 0.25) is 0 Å². The Morgan fingerprint density at radius 1 is 1.21 bits per heavy atom. The molecule has 0 aromatic heterocycles. The predicted octanol–water partition coefficient (Wildman–Crippen LogP) is 3.86. The highest BCUT2D eigenvalue weighted by Gasteiger charge is 2.36. The number of nitrogens with zero attached hydrogens (tertiary/aromatic N) is 1. The normalized spacial score (nSPS) is 24.9. The first-order valence-corrected chi connectivity index (χ1v) is 10.6. The summed E-state index contributed by atoms with van der Waals surface area (Å²) in [4.78, 5) is 4.96. The maximum Gasteiger partial charge on any atom is 0.191 e. The van der Waals surface area contributed by atoms with Crippen molar-refractivity contribution in [3.63, 3.8) is 0 Å². The third-order valence-corrected chi connectivity index (χ3v) is 6.15. The molecule has 5 nitrogen and oxygen atoms in total. The second-order valence-corrected chi connectivity index (χ2v) is 8.12. The van der Waals surface area contributed by atoms with Crippen molar-refractivity contribution < 1.29 is 9.84 Å². The number of aliphatic hydroxyl groups is 1. The van der Waals surface area contributed by atoms with Crippen molar-refractivity contribution in [2.75, 3.05) is 26.3 Å². The molecule has 1 heterocycles. The van der Waals surface area contributed by atoms with Gasteiger partial charge in [0.25, 0.3) is 0 Å². The van der Waals surface area contributed by atoms with Gasteiger partial charge in [0, 0.05) is 36.2 Å². The van der Waals surface area contributed by atoms with Crippen molar-refractivity contribution in [3.8, 4) is 0 Å². The molecule has 3 N–H and O–H groups in total. The molecule has 0 spiro atoms. The van der Waals surface area contributed by atoms with E-state index in [1.165, 1.54) is 5.56 Å². The van der Waals surface area contributed by atoms with Crippen LogP contribution in [0.25, 0.3) is 0 Å². The molecule has 0 amide bonds. The topological polar surface area (TPSA) is 65.9 Å². The van der Waals surface area contributed by atoms with Gasteiger partial charge in [0.05, 0.1) is 12.6 Å². The van der Waals surface area contributed by atoms with E-state index >= 15 is 0 Å². The van der Waals surface area contributed by atoms with Crippen molar-refractivity contribution in [1.82, 2.24) is 10.6 Å². The quantitative estimate of drug-likeness (QED) is 0.313. The highest BCUT2D eigenvalue weighted by atomic mass is 127. The Labute approximate surface area is 190 Å². The van der Waals surface area contributed by atoms with Crippen LogP contribution in [0.2, 0.25) is 5.02 Å². The lowest BCUT2D eigenvalue weighted by atomic mass is 9.74. The molecule has 3 rings (SSSR count). The lowest BCUT2D eigenvalue weighted by Gasteiger charge is -2.37. The van der Waals surface area contributed by atoms with Crippen LogP contribution in [0.3, 0.4) is 0 Å². The van der Waals surface area contributed by atoms with Crippen molar-refractivity contribution in [2.24, 2.45) is 4.99 Å². The van der Waals surface area contributed by atoms with Gasteiger partial charge in [-0.3, -0.25) is 4.99 Å². The SMILES string of the molecule is CCNC(=NCC1(c2ccccc2Cl)CCOCC1)NC1CCC(O)CC1.I. The van der Waals surface area contributed by atoms with Crippen molar-refractivity contribution in [1.29, 1.82) is 0 Å². The van der Waals surface area contributed by atoms with Crippen LogP contribution in [0.5, 0.6) is 0 Å². The van der Waals surface area contributed by atoms with E-state index in [9.17, 15) is 5.11 Å². The smallest absolute Gasteiger partial charge is 0.191 e. The van der Waals surface area contributed by atoms with Crippen LogP contribution in [0.15, 0.2) is 29.3 Å². The zero-order valence-electron chi connectivity index (χ0n) is 16.6. The number of halogens is 2. The van der Waals surface area contributed by atoms with E-state index in [0.717, 1.165) is 69.3 Å². The molecule has 1 aromatic rings. The van der Waals surface area contributed by atoms with Crippen molar-refractivity contribution in [2.45, 2.75) is 63.0 Å². The van der Waals surface area contributed by atoms with E-state index in [-0.39, 0.29) is 35.5 Å². The van der Waals surface area contributed by atoms with Gasteiger partial charge in [-0.2, -0.15) is 0 Å². The van der Waals surface area contributed by atoms with Crippen LogP contribution in [0.4, 0.5) is 0 Å². The summed E-state index contributed by atoms with van der Waals surface area (Å²) in [5.41, 5.74) is 1.09. The fraction of sp³-hybridized carbons (Fsp3) is 0.667. The molecule has 1 aliphatic carbocycles. The molecule has 1 saturated heterocycles. The minimum absolute atomic E-state index is 0. The van der Waals surface area contributed by atoms with Crippen LogP contribution in [-0.4, -0.2) is 49.5 Å². The molecular formula is C21H33ClIN3O2. The van der Waals surface area contributed by atoms with E-state index < -0.39 is 0 Å². The standard InChI is InChI=1S/C21H32ClN3O2.HI/c1-2-23-20(25-16-7-9-17(26)10-8-16)24-15-21(11-13-27-14-12-21)18-5-3-4-6-19(18)22;/h3-6,16-17,26H,2,7-15H2,1H3,(H2,23,24,25);1H. The number of guanidine groups is 1. The van der Waals surface area contributed by atoms with Gasteiger partial charge >= 0.3 is 0 Å². The van der Waals surface area contributed by atoms with Crippen molar-refractivity contribution >= 4 is 41.5 Å². The minimum Gasteiger partial charge on any atom is -0.393 e. The first-order valence-electron chi connectivity index (χ1n) is 10.2. The molecule has 0 radical (unpaired) electrons. The maximum absolute atomic E-state index is 9.73. The fourth-order valence-corrected chi connectivity index (χ4v) is 4.47. The molecule has 158 valence electrons. The summed E-state index contributed by atoms with van der Waals surface area (Å²) < 4.78 is 5.63. The Morgan fingerprint density at radius 2 is 1.89 bits per heavy atom. The molecule has 1 saturated carbocycles. The molecule has 0 unspecified atom stereocenters. The summed E-state index contributed by atoms with van der Waals surface area (Å²) in [6, 6.07) is 8.50. The van der Waals surface area contributed by atoms with Crippen LogP contribution in [0, 0.1) is 0 Å². The molecule has 2 fully saturated rings. The number of nitrogens with one attached hydrogen (secondary N) is 2. The predicted molar refractivity (Wildman–Crippen MR) is 126 cm³/mol. The third kappa shape index (κ3) is 6.21. The zero-order chi connectivity index (χ0) is 19.1. The van der Waals surface area contributed by atoms with E-state index in [2.05, 4.69) is 29.7 Å². The zero-order valence-corrected chi connectivity index (χ0v) is 19.7. The lowest BCUT2D eigenvalue weighted by Crippen LogP contribution is -2.46. The van der Waals surface area contributed by atoms with Gasteiger partial charge in [-0.1, -0.05) is 29.8 Å². The first-order chi connectivity index (χ1) is 13.1. The third-order valence-electron chi connectivity index (χ3n) is 5.82. The average Bonchev–Trinajstić information content (AvgIpc) is 2.69. The minimum atomic E-state index is -0.145. The van der Waals surface area contributed by atoms with Crippen molar-refractivity contribution in [3.05, 3.63) is 34.9 Å². The van der Waals surface area contributed by atoms with Crippen LogP contribution >= 0.6 is 35.6 Å². The molecule has 1 aromatic carbocycles. The summed E-state index contributed by atoms with van der Waals surface area (Å²) in [5.74, 6) is 0.858. The molecule has 2 aliphatic rings. The molecule has 0 atom stereocenters. The maximum atomic E-state index is 9.73. The number of hydrogen-bond donors (Lipinski definition) is 3. The summed E-state index contributed by atoms with van der Waals surface area (Å²) in [5, 5.41) is 17.5. The van der Waals surface area contributed by atoms with Crippen LogP contribution in [-0.2, 0) is 10.2 Å². The Kier molecular flexibility index (Phi) is 9.80. The fourth-order valence-electron chi connectivity index (χ4n) is 4.13. The largest absolute Gasteiger partial charge is 0.393 e. The van der Waals surface area contributed by atoms with Gasteiger partial charge in [0.15, 0.2) is 5.96 Å². The number of rotatable bonds is 5. The highest BCUT2D eigenvalue weighted by Crippen LogP contribution is 2.38. The first kappa shape index (κ1) is 23.7. The summed E-state index contributed by atoms with van der Waals surface area (Å²) in [7, 11) is 0. The monoisotopic (exact) mass is 521 g/mol. The van der Waals surface area contributed by atoms with Gasteiger partial charge < -0.3 is 20.5 Å². The summed E-state index contributed by atoms with van der Waals surface area (Å²) in [6.45, 7) is 5.07. The number of ether oxygens (including phenoxy) is 1.